The maximum absolute atomic E-state index is 12.9. The average molecular weight is 447 g/mol. The Hall–Kier alpha value is -4.10. The number of aromatic hydroxyl groups is 1. The molecule has 0 atom stereocenters. The minimum atomic E-state index is -0.417. The van der Waals surface area contributed by atoms with Gasteiger partial charge >= 0.3 is 0 Å². The van der Waals surface area contributed by atoms with E-state index in [1.165, 1.54) is 19.4 Å². The number of aromatic nitrogens is 2. The molecule has 4 aromatic rings. The SMILES string of the molecule is COc1cc(/C=N\NC(=O)c2cn(-c3ccccc3)nc2-c2ccc(Cl)cc2)ccc1O. The third-order valence-electron chi connectivity index (χ3n) is 4.68. The standard InChI is InChI=1S/C24H19ClN4O3/c1-32-22-13-16(7-12-21(22)30)14-26-27-24(31)20-15-29(19-5-3-2-4-6-19)28-23(20)17-8-10-18(25)11-9-17/h2-15,30H,1H3,(H,27,31)/b26-14-. The summed E-state index contributed by atoms with van der Waals surface area (Å²) in [5.74, 6) is -0.0804. The van der Waals surface area contributed by atoms with Gasteiger partial charge in [0.1, 0.15) is 5.69 Å². The van der Waals surface area contributed by atoms with E-state index < -0.39 is 5.91 Å². The van der Waals surface area contributed by atoms with Crippen molar-refractivity contribution in [1.82, 2.24) is 15.2 Å². The van der Waals surface area contributed by atoms with Crippen LogP contribution in [0, 0.1) is 0 Å². The highest BCUT2D eigenvalue weighted by atomic mass is 35.5. The number of hydrogen-bond donors (Lipinski definition) is 2. The molecule has 8 heteroatoms. The van der Waals surface area contributed by atoms with E-state index in [9.17, 15) is 9.90 Å². The van der Waals surface area contributed by atoms with Gasteiger partial charge in [0.05, 0.1) is 24.6 Å². The Morgan fingerprint density at radius 1 is 1.12 bits per heavy atom. The molecule has 0 spiro atoms. The minimum Gasteiger partial charge on any atom is -0.504 e. The number of halogens is 1. The number of para-hydroxylation sites is 1. The molecule has 3 aromatic carbocycles. The summed E-state index contributed by atoms with van der Waals surface area (Å²) in [4.78, 5) is 12.9. The Balaban J connectivity index is 1.63. The molecule has 0 fully saturated rings. The monoisotopic (exact) mass is 446 g/mol. The van der Waals surface area contributed by atoms with Crippen molar-refractivity contribution in [2.45, 2.75) is 0 Å². The van der Waals surface area contributed by atoms with E-state index in [2.05, 4.69) is 15.6 Å². The van der Waals surface area contributed by atoms with Gasteiger partial charge in [-0.25, -0.2) is 10.1 Å². The van der Waals surface area contributed by atoms with Crippen LogP contribution in [0.3, 0.4) is 0 Å². The number of ether oxygens (including phenoxy) is 1. The molecule has 2 N–H and O–H groups in total. The van der Waals surface area contributed by atoms with Crippen molar-refractivity contribution in [2.75, 3.05) is 7.11 Å². The van der Waals surface area contributed by atoms with Crippen molar-refractivity contribution in [3.8, 4) is 28.4 Å². The van der Waals surface area contributed by atoms with Gasteiger partial charge in [0.2, 0.25) is 0 Å². The first-order valence-corrected chi connectivity index (χ1v) is 10.0. The third-order valence-corrected chi connectivity index (χ3v) is 4.93. The molecule has 0 aliphatic rings. The molecule has 0 aliphatic carbocycles. The van der Waals surface area contributed by atoms with Crippen LogP contribution in [0.15, 0.2) is 84.1 Å². The first kappa shape index (κ1) is 21.1. The lowest BCUT2D eigenvalue weighted by atomic mass is 10.1. The molecule has 32 heavy (non-hydrogen) atoms. The first-order valence-electron chi connectivity index (χ1n) is 9.66. The van der Waals surface area contributed by atoms with Gasteiger partial charge in [0, 0.05) is 16.8 Å². The summed E-state index contributed by atoms with van der Waals surface area (Å²) in [6.07, 6.45) is 3.12. The van der Waals surface area contributed by atoms with Crippen LogP contribution in [0.4, 0.5) is 0 Å². The number of phenolic OH excluding ortho intramolecular Hbond substituents is 1. The van der Waals surface area contributed by atoms with Gasteiger partial charge < -0.3 is 9.84 Å². The van der Waals surface area contributed by atoms with Crippen LogP contribution in [0.25, 0.3) is 16.9 Å². The molecule has 1 amide bonds. The summed E-state index contributed by atoms with van der Waals surface area (Å²) in [5.41, 5.74) is 5.62. The van der Waals surface area contributed by atoms with Crippen molar-refractivity contribution in [3.63, 3.8) is 0 Å². The van der Waals surface area contributed by atoms with E-state index in [1.807, 2.05) is 42.5 Å². The number of rotatable bonds is 6. The van der Waals surface area contributed by atoms with Gasteiger partial charge in [0.15, 0.2) is 11.5 Å². The second kappa shape index (κ2) is 9.36. The minimum absolute atomic E-state index is 0.0228. The Labute approximate surface area is 189 Å². The zero-order valence-corrected chi connectivity index (χ0v) is 17.8. The first-order chi connectivity index (χ1) is 15.5. The largest absolute Gasteiger partial charge is 0.504 e. The molecule has 0 radical (unpaired) electrons. The molecule has 1 heterocycles. The molecule has 0 saturated heterocycles. The van der Waals surface area contributed by atoms with E-state index >= 15 is 0 Å². The molecule has 0 saturated carbocycles. The van der Waals surface area contributed by atoms with Crippen molar-refractivity contribution < 1.29 is 14.6 Å². The third kappa shape index (κ3) is 4.63. The zero-order valence-electron chi connectivity index (χ0n) is 17.1. The number of carbonyl (C=O) groups is 1. The maximum atomic E-state index is 12.9. The fourth-order valence-corrected chi connectivity index (χ4v) is 3.20. The number of amides is 1. The molecular formula is C24H19ClN4O3. The molecule has 0 aliphatic heterocycles. The predicted molar refractivity (Wildman–Crippen MR) is 124 cm³/mol. The van der Waals surface area contributed by atoms with Crippen molar-refractivity contribution >= 4 is 23.7 Å². The Morgan fingerprint density at radius 3 is 2.59 bits per heavy atom. The number of hydrogen-bond acceptors (Lipinski definition) is 5. The topological polar surface area (TPSA) is 88.7 Å². The molecule has 1 aromatic heterocycles. The highest BCUT2D eigenvalue weighted by Crippen LogP contribution is 2.26. The molecule has 0 bridgehead atoms. The van der Waals surface area contributed by atoms with Crippen LogP contribution in [0.5, 0.6) is 11.5 Å². The lowest BCUT2D eigenvalue weighted by molar-refractivity contribution is 0.0955. The van der Waals surface area contributed by atoms with Crippen LogP contribution in [0.2, 0.25) is 5.02 Å². The quantitative estimate of drug-likeness (QED) is 0.332. The van der Waals surface area contributed by atoms with Crippen molar-refractivity contribution in [1.29, 1.82) is 0 Å². The smallest absolute Gasteiger partial charge is 0.275 e. The van der Waals surface area contributed by atoms with E-state index in [0.717, 1.165) is 11.3 Å². The van der Waals surface area contributed by atoms with Crippen LogP contribution >= 0.6 is 11.6 Å². The number of phenols is 1. The van der Waals surface area contributed by atoms with Gasteiger partial charge in [0.25, 0.3) is 5.91 Å². The van der Waals surface area contributed by atoms with E-state index in [-0.39, 0.29) is 5.75 Å². The second-order valence-electron chi connectivity index (χ2n) is 6.81. The number of benzene rings is 3. The summed E-state index contributed by atoms with van der Waals surface area (Å²) in [7, 11) is 1.46. The van der Waals surface area contributed by atoms with Crippen LogP contribution in [-0.4, -0.2) is 34.1 Å². The number of carbonyl (C=O) groups excluding carboxylic acids is 1. The molecular weight excluding hydrogens is 428 g/mol. The fourth-order valence-electron chi connectivity index (χ4n) is 3.07. The maximum Gasteiger partial charge on any atom is 0.275 e. The summed E-state index contributed by atoms with van der Waals surface area (Å²) in [6.45, 7) is 0. The van der Waals surface area contributed by atoms with Crippen LogP contribution < -0.4 is 10.2 Å². The van der Waals surface area contributed by atoms with Gasteiger partial charge in [-0.3, -0.25) is 4.79 Å². The number of methoxy groups -OCH3 is 1. The average Bonchev–Trinajstić information content (AvgIpc) is 3.27. The summed E-state index contributed by atoms with van der Waals surface area (Å²) in [5, 5.41) is 18.9. The van der Waals surface area contributed by atoms with E-state index in [4.69, 9.17) is 16.3 Å². The normalized spacial score (nSPS) is 10.9. The molecule has 4 rings (SSSR count). The Morgan fingerprint density at radius 2 is 1.88 bits per heavy atom. The lowest BCUT2D eigenvalue weighted by Gasteiger charge is -2.04. The predicted octanol–water partition coefficient (Wildman–Crippen LogP) is 4.67. The summed E-state index contributed by atoms with van der Waals surface area (Å²) >= 11 is 6.01. The molecule has 160 valence electrons. The number of nitrogens with one attached hydrogen (secondary N) is 1. The lowest BCUT2D eigenvalue weighted by Crippen LogP contribution is -2.18. The fraction of sp³-hybridized carbons (Fsp3) is 0.0417. The van der Waals surface area contributed by atoms with Crippen molar-refractivity contribution in [3.05, 3.63) is 95.1 Å². The zero-order chi connectivity index (χ0) is 22.5. The number of nitrogens with zero attached hydrogens (tertiary/aromatic N) is 3. The van der Waals surface area contributed by atoms with Crippen LogP contribution in [0.1, 0.15) is 15.9 Å². The van der Waals surface area contributed by atoms with Gasteiger partial charge in [-0.05, 0) is 48.0 Å². The van der Waals surface area contributed by atoms with Crippen molar-refractivity contribution in [2.24, 2.45) is 5.10 Å². The van der Waals surface area contributed by atoms with Crippen LogP contribution in [-0.2, 0) is 0 Å². The highest BCUT2D eigenvalue weighted by Gasteiger charge is 2.18. The summed E-state index contributed by atoms with van der Waals surface area (Å²) in [6, 6.07) is 21.4. The Kier molecular flexibility index (Phi) is 6.19. The summed E-state index contributed by atoms with van der Waals surface area (Å²) < 4.78 is 6.73. The van der Waals surface area contributed by atoms with Gasteiger partial charge in [-0.1, -0.05) is 41.9 Å². The second-order valence-corrected chi connectivity index (χ2v) is 7.25. The highest BCUT2D eigenvalue weighted by molar-refractivity contribution is 6.30. The van der Waals surface area contributed by atoms with E-state index in [1.54, 1.807) is 35.1 Å². The molecule has 0 unspecified atom stereocenters. The molecule has 7 nitrogen and oxygen atoms in total. The number of hydrazone groups is 1. The van der Waals surface area contributed by atoms with Gasteiger partial charge in [-0.2, -0.15) is 10.2 Å². The Bertz CT molecular complexity index is 1270. The van der Waals surface area contributed by atoms with E-state index in [0.29, 0.717) is 27.6 Å². The van der Waals surface area contributed by atoms with Gasteiger partial charge in [-0.15, -0.1) is 0 Å².